The Morgan fingerprint density at radius 3 is 2.38 bits per heavy atom. The standard InChI is InChI=1S/C8H21N2O2Si/c1-4-5-8(10-7-6-9)13(11-2)12-3/h8,10H,4-7,9H2,1-3H3. The van der Waals surface area contributed by atoms with Crippen LogP contribution in [0.4, 0.5) is 0 Å². The Morgan fingerprint density at radius 1 is 1.38 bits per heavy atom. The van der Waals surface area contributed by atoms with Crippen molar-refractivity contribution < 1.29 is 8.85 Å². The maximum atomic E-state index is 5.42. The summed E-state index contributed by atoms with van der Waals surface area (Å²) < 4.78 is 10.6. The molecule has 0 aliphatic rings. The number of rotatable bonds is 8. The van der Waals surface area contributed by atoms with E-state index >= 15 is 0 Å². The highest BCUT2D eigenvalue weighted by Gasteiger charge is 2.24. The van der Waals surface area contributed by atoms with E-state index in [1.54, 1.807) is 14.2 Å². The fourth-order valence-electron chi connectivity index (χ4n) is 1.22. The number of hydrogen-bond donors (Lipinski definition) is 2. The molecule has 0 heterocycles. The first-order chi connectivity index (χ1) is 6.29. The van der Waals surface area contributed by atoms with E-state index in [2.05, 4.69) is 12.2 Å². The molecule has 0 aromatic carbocycles. The molecule has 0 rings (SSSR count). The molecule has 1 radical (unpaired) electrons. The Kier molecular flexibility index (Phi) is 8.68. The minimum atomic E-state index is -1.16. The maximum Gasteiger partial charge on any atom is 0.402 e. The lowest BCUT2D eigenvalue weighted by Gasteiger charge is -2.21. The van der Waals surface area contributed by atoms with Crippen molar-refractivity contribution in [2.24, 2.45) is 5.73 Å². The highest BCUT2D eigenvalue weighted by molar-refractivity contribution is 6.46. The van der Waals surface area contributed by atoms with E-state index < -0.39 is 9.28 Å². The summed E-state index contributed by atoms with van der Waals surface area (Å²) in [5, 5.41) is 3.34. The molecular formula is C8H21N2O2Si. The highest BCUT2D eigenvalue weighted by atomic mass is 28.3. The van der Waals surface area contributed by atoms with E-state index in [1.165, 1.54) is 0 Å². The first-order valence-electron chi connectivity index (χ1n) is 4.68. The molecule has 13 heavy (non-hydrogen) atoms. The lowest BCUT2D eigenvalue weighted by Crippen LogP contribution is -2.47. The van der Waals surface area contributed by atoms with Gasteiger partial charge in [-0.15, -0.1) is 0 Å². The minimum Gasteiger partial charge on any atom is -0.396 e. The summed E-state index contributed by atoms with van der Waals surface area (Å²) in [4.78, 5) is 0. The van der Waals surface area contributed by atoms with Crippen LogP contribution in [0.25, 0.3) is 0 Å². The monoisotopic (exact) mass is 205 g/mol. The van der Waals surface area contributed by atoms with Gasteiger partial charge in [0.15, 0.2) is 0 Å². The van der Waals surface area contributed by atoms with E-state index in [4.69, 9.17) is 14.6 Å². The van der Waals surface area contributed by atoms with Gasteiger partial charge in [-0.05, 0) is 6.42 Å². The Bertz CT molecular complexity index is 112. The molecule has 0 aliphatic carbocycles. The highest BCUT2D eigenvalue weighted by Crippen LogP contribution is 2.02. The second kappa shape index (κ2) is 8.65. The van der Waals surface area contributed by atoms with Gasteiger partial charge < -0.3 is 19.9 Å². The van der Waals surface area contributed by atoms with E-state index in [0.717, 1.165) is 19.4 Å². The Labute approximate surface area is 82.6 Å². The fourth-order valence-corrected chi connectivity index (χ4v) is 2.79. The predicted molar refractivity (Wildman–Crippen MR) is 55.5 cm³/mol. The number of hydrogen-bond acceptors (Lipinski definition) is 4. The Morgan fingerprint density at radius 2 is 2.00 bits per heavy atom. The average Bonchev–Trinajstić information content (AvgIpc) is 2.16. The predicted octanol–water partition coefficient (Wildman–Crippen LogP) is 0.0236. The van der Waals surface area contributed by atoms with Crippen molar-refractivity contribution in [3.05, 3.63) is 0 Å². The summed E-state index contributed by atoms with van der Waals surface area (Å²) in [5.74, 6) is 0. The van der Waals surface area contributed by atoms with Crippen LogP contribution in [0.1, 0.15) is 19.8 Å². The molecule has 0 spiro atoms. The molecule has 0 saturated carbocycles. The minimum absolute atomic E-state index is 0.341. The van der Waals surface area contributed by atoms with Crippen LogP contribution in [0.2, 0.25) is 0 Å². The zero-order valence-corrected chi connectivity index (χ0v) is 9.80. The van der Waals surface area contributed by atoms with Crippen LogP contribution in [0.3, 0.4) is 0 Å². The first-order valence-corrected chi connectivity index (χ1v) is 6.07. The van der Waals surface area contributed by atoms with E-state index in [0.29, 0.717) is 12.2 Å². The van der Waals surface area contributed by atoms with Crippen molar-refractivity contribution in [2.75, 3.05) is 27.3 Å². The van der Waals surface area contributed by atoms with Gasteiger partial charge in [0.2, 0.25) is 0 Å². The van der Waals surface area contributed by atoms with Crippen LogP contribution < -0.4 is 11.1 Å². The largest absolute Gasteiger partial charge is 0.402 e. The molecule has 4 nitrogen and oxygen atoms in total. The van der Waals surface area contributed by atoms with Crippen molar-refractivity contribution in [1.29, 1.82) is 0 Å². The average molecular weight is 205 g/mol. The van der Waals surface area contributed by atoms with Crippen LogP contribution in [-0.4, -0.2) is 42.3 Å². The lowest BCUT2D eigenvalue weighted by molar-refractivity contribution is 0.256. The summed E-state index contributed by atoms with van der Waals surface area (Å²) in [5.41, 5.74) is 5.76. The molecule has 1 atom stereocenters. The molecular weight excluding hydrogens is 184 g/mol. The number of nitrogens with one attached hydrogen (secondary N) is 1. The van der Waals surface area contributed by atoms with Crippen LogP contribution >= 0.6 is 0 Å². The SMILES string of the molecule is CCCC(NCCN)[Si](OC)OC. The normalized spacial score (nSPS) is 13.6. The van der Waals surface area contributed by atoms with E-state index in [1.807, 2.05) is 0 Å². The van der Waals surface area contributed by atoms with Gasteiger partial charge in [-0.3, -0.25) is 0 Å². The molecule has 0 aromatic rings. The molecule has 0 aromatic heterocycles. The quantitative estimate of drug-likeness (QED) is 0.549. The summed E-state index contributed by atoms with van der Waals surface area (Å²) >= 11 is 0. The van der Waals surface area contributed by atoms with E-state index in [-0.39, 0.29) is 0 Å². The van der Waals surface area contributed by atoms with Crippen molar-refractivity contribution in [1.82, 2.24) is 5.32 Å². The van der Waals surface area contributed by atoms with Crippen molar-refractivity contribution in [3.8, 4) is 0 Å². The number of nitrogens with two attached hydrogens (primary N) is 1. The first kappa shape index (κ1) is 13.1. The molecule has 79 valence electrons. The molecule has 0 saturated heterocycles. The third-order valence-electron chi connectivity index (χ3n) is 1.80. The van der Waals surface area contributed by atoms with Gasteiger partial charge >= 0.3 is 9.28 Å². The van der Waals surface area contributed by atoms with Crippen LogP contribution in [0.15, 0.2) is 0 Å². The lowest BCUT2D eigenvalue weighted by atomic mass is 10.3. The topological polar surface area (TPSA) is 56.5 Å². The van der Waals surface area contributed by atoms with Gasteiger partial charge in [-0.1, -0.05) is 13.3 Å². The molecule has 0 amide bonds. The van der Waals surface area contributed by atoms with Gasteiger partial charge in [0, 0.05) is 27.3 Å². The molecule has 3 N–H and O–H groups in total. The Balaban J connectivity index is 3.88. The van der Waals surface area contributed by atoms with Crippen molar-refractivity contribution in [3.63, 3.8) is 0 Å². The van der Waals surface area contributed by atoms with E-state index in [9.17, 15) is 0 Å². The van der Waals surface area contributed by atoms with Gasteiger partial charge in [0.25, 0.3) is 0 Å². The zero-order chi connectivity index (χ0) is 10.1. The fraction of sp³-hybridized carbons (Fsp3) is 1.00. The van der Waals surface area contributed by atoms with Crippen molar-refractivity contribution in [2.45, 2.75) is 25.4 Å². The van der Waals surface area contributed by atoms with Gasteiger partial charge in [0.05, 0.1) is 5.67 Å². The third kappa shape index (κ3) is 5.38. The van der Waals surface area contributed by atoms with Gasteiger partial charge in [0.1, 0.15) is 0 Å². The third-order valence-corrected chi connectivity index (χ3v) is 3.67. The smallest absolute Gasteiger partial charge is 0.396 e. The van der Waals surface area contributed by atoms with Crippen LogP contribution in [0, 0.1) is 0 Å². The summed E-state index contributed by atoms with van der Waals surface area (Å²) in [6.45, 7) is 3.64. The molecule has 0 aliphatic heterocycles. The second-order valence-corrected chi connectivity index (χ2v) is 4.96. The van der Waals surface area contributed by atoms with Crippen LogP contribution in [0.5, 0.6) is 0 Å². The molecule has 1 unspecified atom stereocenters. The second-order valence-electron chi connectivity index (χ2n) is 2.81. The summed E-state index contributed by atoms with van der Waals surface area (Å²) in [7, 11) is 2.23. The van der Waals surface area contributed by atoms with Gasteiger partial charge in [-0.2, -0.15) is 0 Å². The zero-order valence-electron chi connectivity index (χ0n) is 8.80. The molecule has 5 heteroatoms. The van der Waals surface area contributed by atoms with Crippen LogP contribution in [-0.2, 0) is 8.85 Å². The van der Waals surface area contributed by atoms with Crippen molar-refractivity contribution >= 4 is 9.28 Å². The Hall–Kier alpha value is 0.0569. The van der Waals surface area contributed by atoms with Gasteiger partial charge in [-0.25, -0.2) is 0 Å². The maximum absolute atomic E-state index is 5.42. The summed E-state index contributed by atoms with van der Waals surface area (Å²) in [6, 6.07) is 0. The molecule has 0 bridgehead atoms. The molecule has 0 fully saturated rings. The summed E-state index contributed by atoms with van der Waals surface area (Å²) in [6.07, 6.45) is 2.21.